The molecule has 75 heavy (non-hydrogen) atoms. The van der Waals surface area contributed by atoms with Crippen LogP contribution in [-0.4, -0.2) is 36.6 Å². The van der Waals surface area contributed by atoms with E-state index < -0.39 is 8.07 Å². The summed E-state index contributed by atoms with van der Waals surface area (Å²) < 4.78 is 8.39. The average Bonchev–Trinajstić information content (AvgIpc) is 4.33. The van der Waals surface area contributed by atoms with Gasteiger partial charge in [0.1, 0.15) is 5.65 Å². The molecule has 0 atom stereocenters. The Morgan fingerprint density at radius 2 is 0.893 bits per heavy atom. The zero-order chi connectivity index (χ0) is 49.2. The van der Waals surface area contributed by atoms with Crippen LogP contribution in [0.25, 0.3) is 115 Å². The second-order valence-electron chi connectivity index (χ2n) is 19.5. The van der Waals surface area contributed by atoms with Crippen LogP contribution in [-0.2, 0) is 0 Å². The highest BCUT2D eigenvalue weighted by atomic mass is 32.1. The Hall–Kier alpha value is -9.47. The summed E-state index contributed by atoms with van der Waals surface area (Å²) in [5.74, 6) is 0.612. The summed E-state index contributed by atoms with van der Waals surface area (Å²) in [4.78, 5) is 17.4. The first-order valence-corrected chi connectivity index (χ1v) is 28.3. The van der Waals surface area contributed by atoms with Gasteiger partial charge in [-0.25, -0.2) is 15.0 Å². The Kier molecular flexibility index (Phi) is 9.13. The zero-order valence-corrected chi connectivity index (χ0v) is 42.2. The lowest BCUT2D eigenvalue weighted by molar-refractivity contribution is 0.962. The second-order valence-corrected chi connectivity index (χ2v) is 24.2. The fourth-order valence-corrected chi connectivity index (χ4v) is 19.1. The molecule has 0 saturated heterocycles. The summed E-state index contributed by atoms with van der Waals surface area (Å²) in [5.41, 5.74) is 16.3. The van der Waals surface area contributed by atoms with Crippen molar-refractivity contribution in [2.45, 2.75) is 0 Å². The molecule has 0 saturated carbocycles. The first-order chi connectivity index (χ1) is 37.2. The van der Waals surface area contributed by atoms with Gasteiger partial charge in [-0.05, 0) is 91.0 Å². The van der Waals surface area contributed by atoms with Gasteiger partial charge in [-0.15, -0.1) is 0 Å². The molecule has 0 aliphatic heterocycles. The lowest BCUT2D eigenvalue weighted by Crippen LogP contribution is -2.74. The Balaban J connectivity index is 0.990. The molecule has 0 bridgehead atoms. The minimum absolute atomic E-state index is 0.612. The first kappa shape index (κ1) is 42.1. The highest BCUT2D eigenvalue weighted by molar-refractivity contribution is 7.29. The van der Waals surface area contributed by atoms with Gasteiger partial charge in [0.15, 0.2) is 13.0 Å². The van der Waals surface area contributed by atoms with Crippen molar-refractivity contribution in [1.29, 1.82) is 0 Å². The van der Waals surface area contributed by atoms with Gasteiger partial charge in [-0.1, -0.05) is 218 Å². The van der Waals surface area contributed by atoms with Gasteiger partial charge < -0.3 is 0 Å². The van der Waals surface area contributed by atoms with Crippen molar-refractivity contribution in [2.75, 3.05) is 0 Å². The van der Waals surface area contributed by atoms with Gasteiger partial charge in [0, 0.05) is 39.2 Å². The van der Waals surface area contributed by atoms with Crippen LogP contribution in [0.4, 0.5) is 0 Å². The van der Waals surface area contributed by atoms with Crippen LogP contribution in [0.3, 0.4) is 0 Å². The van der Waals surface area contributed by atoms with E-state index in [0.29, 0.717) is 5.95 Å². The smallest absolute Gasteiger partial charge is 0.236 e. The molecule has 16 rings (SSSR count). The molecule has 15 aromatic rings. The number of fused-ring (bicyclic) bond motifs is 18. The van der Waals surface area contributed by atoms with E-state index in [2.05, 4.69) is 268 Å². The van der Waals surface area contributed by atoms with Crippen LogP contribution < -0.4 is 20.7 Å². The number of aromatic nitrogens is 6. The average molecular weight is 991 g/mol. The third-order valence-electron chi connectivity index (χ3n) is 15.7. The normalized spacial score (nSPS) is 12.3. The molecule has 6 nitrogen and oxygen atoms in total. The number of nitrogens with zero attached hydrogens (tertiary/aromatic N) is 6. The molecule has 5 heterocycles. The topological polar surface area (TPSA) is 52.9 Å². The molecule has 350 valence electrons. The fourth-order valence-electron chi connectivity index (χ4n) is 12.6. The third-order valence-corrected chi connectivity index (χ3v) is 21.7. The van der Waals surface area contributed by atoms with E-state index in [0.717, 1.165) is 82.6 Å². The molecule has 0 radical (unpaired) electrons. The molecule has 0 unspecified atom stereocenters. The van der Waals surface area contributed by atoms with E-state index in [1.54, 1.807) is 11.3 Å². The van der Waals surface area contributed by atoms with Crippen molar-refractivity contribution in [1.82, 2.24) is 28.5 Å². The maximum Gasteiger partial charge on any atom is 0.236 e. The Morgan fingerprint density at radius 3 is 1.56 bits per heavy atom. The molecule has 0 spiro atoms. The van der Waals surface area contributed by atoms with Crippen molar-refractivity contribution in [3.63, 3.8) is 0 Å². The van der Waals surface area contributed by atoms with E-state index >= 15 is 0 Å². The SMILES string of the molecule is c1ccc([Si](c2ccccc2)(c2cccc(-n3c4ccccc4c4c5ccccc5n(-c5ncc6c(n5)-c5ccccc5-c5ccccc5-c5ccccc5-6)c43)c2)c2cccc3c2sc2nc4ccccc4n23)cc1. The van der Waals surface area contributed by atoms with E-state index in [1.807, 2.05) is 0 Å². The van der Waals surface area contributed by atoms with Crippen molar-refractivity contribution < 1.29 is 0 Å². The first-order valence-electron chi connectivity index (χ1n) is 25.4. The number of hydrogen-bond acceptors (Lipinski definition) is 4. The van der Waals surface area contributed by atoms with Crippen molar-refractivity contribution in [3.05, 3.63) is 255 Å². The molecule has 1 aliphatic carbocycles. The molecule has 8 heteroatoms. The molecular weight excluding hydrogens is 949 g/mol. The largest absolute Gasteiger partial charge is 0.295 e. The summed E-state index contributed by atoms with van der Waals surface area (Å²) in [6.45, 7) is 0. The van der Waals surface area contributed by atoms with Crippen LogP contribution >= 0.6 is 11.3 Å². The molecule has 10 aromatic carbocycles. The van der Waals surface area contributed by atoms with Crippen LogP contribution in [0.1, 0.15) is 0 Å². The standard InChI is InChI=1S/C67H42N6SSi/c1-3-22-44(23-4-1)75(45-24-5-2-6-25-45,61-40-20-39-60-64(61)74-67-69-56-35-15-18-38-59(56)72(60)67)46-26-19-21-43(41-46)71-57-36-16-13-33-53(57)62-54-34-14-17-37-58(54)73(65(62)71)66-68-42-55-51-31-10-9-29-49(51)47-27-7-8-28-48(47)50-30-11-12-32-52(50)63(55)70-66/h1-42H. The summed E-state index contributed by atoms with van der Waals surface area (Å²) in [5, 5.41) is 8.72. The minimum atomic E-state index is -3.15. The van der Waals surface area contributed by atoms with Gasteiger partial charge in [0.2, 0.25) is 5.95 Å². The predicted octanol–water partition coefficient (Wildman–Crippen LogP) is 13.9. The van der Waals surface area contributed by atoms with E-state index in [-0.39, 0.29) is 0 Å². The van der Waals surface area contributed by atoms with Crippen LogP contribution in [0, 0.1) is 0 Å². The maximum atomic E-state index is 5.75. The fraction of sp³-hybridized carbons (Fsp3) is 0. The minimum Gasteiger partial charge on any atom is -0.295 e. The monoisotopic (exact) mass is 990 g/mol. The van der Waals surface area contributed by atoms with Crippen molar-refractivity contribution >= 4 is 99.2 Å². The number of rotatable bonds is 6. The summed E-state index contributed by atoms with van der Waals surface area (Å²) >= 11 is 1.80. The number of imidazole rings is 1. The summed E-state index contributed by atoms with van der Waals surface area (Å²) in [6.07, 6.45) is 2.06. The Bertz CT molecular complexity index is 4750. The van der Waals surface area contributed by atoms with E-state index in [9.17, 15) is 0 Å². The second kappa shape index (κ2) is 16.3. The summed E-state index contributed by atoms with van der Waals surface area (Å²) in [7, 11) is -3.15. The van der Waals surface area contributed by atoms with Crippen LogP contribution in [0.15, 0.2) is 255 Å². The third kappa shape index (κ3) is 5.97. The zero-order valence-electron chi connectivity index (χ0n) is 40.3. The molecule has 0 N–H and O–H groups in total. The van der Waals surface area contributed by atoms with E-state index in [4.69, 9.17) is 15.0 Å². The molecule has 0 fully saturated rings. The molecule has 0 amide bonds. The van der Waals surface area contributed by atoms with Gasteiger partial charge in [0.25, 0.3) is 0 Å². The quantitative estimate of drug-likeness (QED) is 0.123. The van der Waals surface area contributed by atoms with E-state index in [1.165, 1.54) is 47.5 Å². The highest BCUT2D eigenvalue weighted by Crippen LogP contribution is 2.48. The highest BCUT2D eigenvalue weighted by Gasteiger charge is 2.43. The van der Waals surface area contributed by atoms with Crippen molar-refractivity contribution in [2.24, 2.45) is 0 Å². The van der Waals surface area contributed by atoms with Gasteiger partial charge >= 0.3 is 0 Å². The molecule has 5 aromatic heterocycles. The number of hydrogen-bond donors (Lipinski definition) is 0. The molecule has 1 aliphatic rings. The Morgan fingerprint density at radius 1 is 0.387 bits per heavy atom. The van der Waals surface area contributed by atoms with Gasteiger partial charge in [-0.2, -0.15) is 0 Å². The van der Waals surface area contributed by atoms with Crippen LogP contribution in [0.5, 0.6) is 0 Å². The Labute approximate surface area is 436 Å². The van der Waals surface area contributed by atoms with Crippen LogP contribution in [0.2, 0.25) is 0 Å². The van der Waals surface area contributed by atoms with Crippen molar-refractivity contribution in [3.8, 4) is 56.3 Å². The number of benzene rings is 10. The lowest BCUT2D eigenvalue weighted by Gasteiger charge is -2.35. The maximum absolute atomic E-state index is 5.75. The van der Waals surface area contributed by atoms with Gasteiger partial charge in [0.05, 0.1) is 38.0 Å². The number of thiazole rings is 1. The predicted molar refractivity (Wildman–Crippen MR) is 314 cm³/mol. The lowest BCUT2D eigenvalue weighted by atomic mass is 9.83. The summed E-state index contributed by atoms with van der Waals surface area (Å²) in [6, 6.07) is 91.1. The number of para-hydroxylation sites is 4. The molecular formula is C67H42N6SSi. The van der Waals surface area contributed by atoms with Gasteiger partial charge in [-0.3, -0.25) is 13.5 Å².